The molecule has 3 aliphatic rings. The molecular weight excluding hydrogens is 855 g/mol. The first-order valence-electron chi connectivity index (χ1n) is 21.2. The highest BCUT2D eigenvalue weighted by Crippen LogP contribution is 2.29. The molecule has 0 aliphatic carbocycles. The van der Waals surface area contributed by atoms with E-state index in [1.807, 2.05) is 0 Å². The van der Waals surface area contributed by atoms with Crippen molar-refractivity contribution in [3.05, 3.63) is 48.0 Å². The second-order valence-corrected chi connectivity index (χ2v) is 16.3. The normalized spacial score (nSPS) is 20.5. The molecule has 0 unspecified atom stereocenters. The Balaban J connectivity index is 1.26. The van der Waals surface area contributed by atoms with Crippen molar-refractivity contribution in [3.63, 3.8) is 0 Å². The van der Waals surface area contributed by atoms with Gasteiger partial charge in [-0.05, 0) is 63.1 Å². The molecule has 2 aromatic rings. The molecule has 3 saturated heterocycles. The number of nitrogens with zero attached hydrogens (tertiary/aromatic N) is 4. The summed E-state index contributed by atoms with van der Waals surface area (Å²) in [6.07, 6.45) is 3.13. The number of phenols is 1. The lowest BCUT2D eigenvalue weighted by atomic mass is 10.0. The Morgan fingerprint density at radius 2 is 1.28 bits per heavy atom. The molecule has 0 radical (unpaired) electrons. The average Bonchev–Trinajstić information content (AvgIpc) is 4.10. The number of aromatic amines is 1. The van der Waals surface area contributed by atoms with Crippen LogP contribution in [0.15, 0.2) is 36.8 Å². The van der Waals surface area contributed by atoms with Crippen LogP contribution in [0.1, 0.15) is 69.5 Å². The SMILES string of the molecule is C[C@H](NC(=O)[C@H](Cc1ccc(O)cc1)NC(=O)[C@@H]1CCCN1C(=O)[C@@H]1CCCN1C(=O)[C@@H]1CCCN1C(=O)[C@@H](N)CC(N)=O)C(=O)N[C@@H](CC(=O)O)C(=O)N[C@@H](Cc1cnc[nH]1)C(=O)O. The number of phenolic OH excluding ortho intramolecular Hbond substituents is 1. The number of amides is 8. The number of H-pyrrole nitrogens is 1. The van der Waals surface area contributed by atoms with E-state index in [1.54, 1.807) is 0 Å². The van der Waals surface area contributed by atoms with Crippen LogP contribution in [0, 0.1) is 0 Å². The summed E-state index contributed by atoms with van der Waals surface area (Å²) in [5, 5.41) is 38.6. The van der Waals surface area contributed by atoms with Crippen LogP contribution in [0.4, 0.5) is 0 Å². The number of primary amides is 1. The van der Waals surface area contributed by atoms with Crippen molar-refractivity contribution in [2.24, 2.45) is 11.5 Å². The summed E-state index contributed by atoms with van der Waals surface area (Å²) >= 11 is 0. The van der Waals surface area contributed by atoms with Crippen LogP contribution in [-0.4, -0.2) is 167 Å². The topological polar surface area (TPSA) is 370 Å². The Labute approximate surface area is 372 Å². The summed E-state index contributed by atoms with van der Waals surface area (Å²) in [6.45, 7) is 1.86. The molecule has 0 saturated carbocycles. The second-order valence-electron chi connectivity index (χ2n) is 16.3. The molecule has 65 heavy (non-hydrogen) atoms. The minimum absolute atomic E-state index is 0.0709. The van der Waals surface area contributed by atoms with Gasteiger partial charge in [0.15, 0.2) is 0 Å². The van der Waals surface area contributed by atoms with Gasteiger partial charge in [-0.1, -0.05) is 12.1 Å². The smallest absolute Gasteiger partial charge is 0.326 e. The van der Waals surface area contributed by atoms with Gasteiger partial charge < -0.3 is 67.7 Å². The quantitative estimate of drug-likeness (QED) is 0.0619. The predicted molar refractivity (Wildman–Crippen MR) is 223 cm³/mol. The third kappa shape index (κ3) is 12.8. The molecule has 8 amide bonds. The molecule has 8 atom stereocenters. The standard InChI is InChI=1S/C41H55N11O13/c1-21(34(57)47-27(18-33(55)56)36(59)49-28(41(64)65)16-23-19-44-20-45-23)46-35(58)26(15-22-8-10-24(53)11-9-22)48-37(60)29-5-2-12-50(29)39(62)31-7-4-14-52(31)40(63)30-6-3-13-51(30)38(61)25(42)17-32(43)54/h8-11,19-21,25-31,53H,2-7,12-18,42H2,1H3,(H2,43,54)(H,44,45)(H,46,58)(H,47,57)(H,48,60)(H,49,59)(H,55,56)(H,64,65)/t21-,25-,26-,27-,28-,29-,30-,31-/m0/s1. The number of hydrogen-bond acceptors (Lipinski definition) is 13. The Kier molecular flexibility index (Phi) is 16.6. The van der Waals surface area contributed by atoms with E-state index in [0.29, 0.717) is 43.4 Å². The van der Waals surface area contributed by atoms with Crippen molar-refractivity contribution in [2.75, 3.05) is 19.6 Å². The molecule has 352 valence electrons. The summed E-state index contributed by atoms with van der Waals surface area (Å²) in [7, 11) is 0. The van der Waals surface area contributed by atoms with Gasteiger partial charge in [-0.15, -0.1) is 0 Å². The summed E-state index contributed by atoms with van der Waals surface area (Å²) in [4.78, 5) is 141. The Hall–Kier alpha value is -7.11. The molecule has 1 aromatic carbocycles. The lowest BCUT2D eigenvalue weighted by molar-refractivity contribution is -0.151. The van der Waals surface area contributed by atoms with Crippen LogP contribution in [0.25, 0.3) is 0 Å². The maximum absolute atomic E-state index is 14.2. The zero-order chi connectivity index (χ0) is 47.5. The number of nitrogens with two attached hydrogens (primary N) is 2. The van der Waals surface area contributed by atoms with Gasteiger partial charge >= 0.3 is 11.9 Å². The molecule has 24 nitrogen and oxygen atoms in total. The van der Waals surface area contributed by atoms with Crippen LogP contribution in [0.5, 0.6) is 5.75 Å². The fourth-order valence-corrected chi connectivity index (χ4v) is 8.27. The van der Waals surface area contributed by atoms with E-state index in [9.17, 15) is 63.3 Å². The highest BCUT2D eigenvalue weighted by atomic mass is 16.4. The van der Waals surface area contributed by atoms with Crippen molar-refractivity contribution in [2.45, 2.75) is 119 Å². The number of aromatic hydroxyl groups is 1. The van der Waals surface area contributed by atoms with Crippen molar-refractivity contribution in [1.29, 1.82) is 0 Å². The molecule has 4 heterocycles. The summed E-state index contributed by atoms with van der Waals surface area (Å²) in [6, 6.07) is -4.51. The molecule has 0 bridgehead atoms. The molecule has 0 spiro atoms. The van der Waals surface area contributed by atoms with E-state index in [1.165, 1.54) is 58.4 Å². The van der Waals surface area contributed by atoms with Crippen LogP contribution in [-0.2, 0) is 60.8 Å². The molecule has 3 fully saturated rings. The number of benzene rings is 1. The van der Waals surface area contributed by atoms with Gasteiger partial charge in [0.25, 0.3) is 0 Å². The number of carboxylic acids is 2. The third-order valence-electron chi connectivity index (χ3n) is 11.6. The number of likely N-dealkylation sites (tertiary alicyclic amines) is 3. The maximum atomic E-state index is 14.2. The highest BCUT2D eigenvalue weighted by molar-refractivity contribution is 5.99. The first-order chi connectivity index (χ1) is 30.8. The predicted octanol–water partition coefficient (Wildman–Crippen LogP) is -3.41. The minimum Gasteiger partial charge on any atom is -0.508 e. The molecule has 3 aliphatic heterocycles. The average molecular weight is 910 g/mol. The number of carbonyl (C=O) groups excluding carboxylic acids is 8. The second kappa shape index (κ2) is 22.0. The zero-order valence-corrected chi connectivity index (χ0v) is 35.6. The number of rotatable bonds is 20. The molecule has 5 rings (SSSR count). The number of aliphatic carboxylic acids is 2. The highest BCUT2D eigenvalue weighted by Gasteiger charge is 2.46. The number of imidazole rings is 1. The largest absolute Gasteiger partial charge is 0.508 e. The number of carbonyl (C=O) groups is 10. The minimum atomic E-state index is -1.77. The fraction of sp³-hybridized carbons (Fsp3) is 0.537. The number of aromatic nitrogens is 2. The Morgan fingerprint density at radius 1 is 0.723 bits per heavy atom. The van der Waals surface area contributed by atoms with E-state index in [4.69, 9.17) is 11.5 Å². The summed E-state index contributed by atoms with van der Waals surface area (Å²) in [5.41, 5.74) is 12.0. The van der Waals surface area contributed by atoms with Gasteiger partial charge in [0, 0.05) is 44.4 Å². The Morgan fingerprint density at radius 3 is 1.85 bits per heavy atom. The van der Waals surface area contributed by atoms with E-state index in [0.717, 1.165) is 0 Å². The third-order valence-corrected chi connectivity index (χ3v) is 11.6. The van der Waals surface area contributed by atoms with E-state index < -0.39 is 120 Å². The number of nitrogens with one attached hydrogen (secondary N) is 5. The van der Waals surface area contributed by atoms with Gasteiger partial charge in [0.2, 0.25) is 47.3 Å². The monoisotopic (exact) mass is 909 g/mol. The summed E-state index contributed by atoms with van der Waals surface area (Å²) < 4.78 is 0. The van der Waals surface area contributed by atoms with Crippen molar-refractivity contribution in [3.8, 4) is 5.75 Å². The summed E-state index contributed by atoms with van der Waals surface area (Å²) in [5.74, 6) is -9.05. The molecular formula is C41H55N11O13. The van der Waals surface area contributed by atoms with Crippen LogP contribution < -0.4 is 32.7 Å². The van der Waals surface area contributed by atoms with E-state index in [-0.39, 0.29) is 44.6 Å². The van der Waals surface area contributed by atoms with Crippen molar-refractivity contribution in [1.82, 2.24) is 45.9 Å². The van der Waals surface area contributed by atoms with E-state index in [2.05, 4.69) is 31.2 Å². The number of hydrogen-bond donors (Lipinski definition) is 10. The van der Waals surface area contributed by atoms with Gasteiger partial charge in [-0.25, -0.2) is 9.78 Å². The van der Waals surface area contributed by atoms with Crippen molar-refractivity contribution < 1.29 is 63.3 Å². The lowest BCUT2D eigenvalue weighted by Crippen LogP contribution is -2.59. The zero-order valence-electron chi connectivity index (χ0n) is 35.6. The van der Waals surface area contributed by atoms with Gasteiger partial charge in [-0.3, -0.25) is 43.2 Å². The van der Waals surface area contributed by atoms with Crippen LogP contribution in [0.2, 0.25) is 0 Å². The van der Waals surface area contributed by atoms with Gasteiger partial charge in [0.05, 0.1) is 25.2 Å². The Bertz CT molecular complexity index is 2120. The van der Waals surface area contributed by atoms with Crippen LogP contribution >= 0.6 is 0 Å². The number of carboxylic acid groups (broad SMARTS) is 2. The molecule has 24 heteroatoms. The molecule has 12 N–H and O–H groups in total. The first kappa shape index (κ1) is 48.9. The lowest BCUT2D eigenvalue weighted by Gasteiger charge is -2.34. The van der Waals surface area contributed by atoms with E-state index >= 15 is 0 Å². The molecule has 1 aromatic heterocycles. The van der Waals surface area contributed by atoms with Gasteiger partial charge in [-0.2, -0.15) is 0 Å². The fourth-order valence-electron chi connectivity index (χ4n) is 8.27. The van der Waals surface area contributed by atoms with Gasteiger partial charge in [0.1, 0.15) is 48.0 Å². The van der Waals surface area contributed by atoms with Crippen LogP contribution in [0.3, 0.4) is 0 Å². The maximum Gasteiger partial charge on any atom is 0.326 e. The first-order valence-corrected chi connectivity index (χ1v) is 21.2. The van der Waals surface area contributed by atoms with Crippen molar-refractivity contribution >= 4 is 59.2 Å².